The highest BCUT2D eigenvalue weighted by molar-refractivity contribution is 4.97. The first kappa shape index (κ1) is 10.6. The molecule has 0 N–H and O–H groups in total. The van der Waals surface area contributed by atoms with E-state index in [1.807, 2.05) is 0 Å². The van der Waals surface area contributed by atoms with E-state index < -0.39 is 0 Å². The van der Waals surface area contributed by atoms with Crippen LogP contribution < -0.4 is 0 Å². The lowest BCUT2D eigenvalue weighted by Crippen LogP contribution is -2.17. The molecular formula is C11H20. The molecule has 0 radical (unpaired) electrons. The predicted octanol–water partition coefficient (Wildman–Crippen LogP) is 3.33. The minimum atomic E-state index is 0.477. The zero-order valence-electron chi connectivity index (χ0n) is 8.22. The van der Waals surface area contributed by atoms with Crippen LogP contribution in [0.2, 0.25) is 0 Å². The minimum Gasteiger partial charge on any atom is -0.120 e. The van der Waals surface area contributed by atoms with E-state index in [0.29, 0.717) is 11.8 Å². The lowest BCUT2D eigenvalue weighted by Gasteiger charge is -2.23. The summed E-state index contributed by atoms with van der Waals surface area (Å²) in [5, 5.41) is 0. The minimum absolute atomic E-state index is 0.477. The number of hydrogen-bond donors (Lipinski definition) is 0. The summed E-state index contributed by atoms with van der Waals surface area (Å²) in [5.74, 6) is 4.73. The molecule has 0 fully saturated rings. The van der Waals surface area contributed by atoms with Gasteiger partial charge in [0.15, 0.2) is 0 Å². The summed E-state index contributed by atoms with van der Waals surface area (Å²) in [7, 11) is 0. The summed E-state index contributed by atoms with van der Waals surface area (Å²) >= 11 is 0. The average Bonchev–Trinajstić information content (AvgIpc) is 1.99. The summed E-state index contributed by atoms with van der Waals surface area (Å²) in [4.78, 5) is 0. The largest absolute Gasteiger partial charge is 0.120 e. The van der Waals surface area contributed by atoms with Crippen molar-refractivity contribution >= 4 is 0 Å². The van der Waals surface area contributed by atoms with Gasteiger partial charge in [-0.2, -0.15) is 0 Å². The molecule has 0 aromatic carbocycles. The highest BCUT2D eigenvalue weighted by Crippen LogP contribution is 2.25. The third-order valence-corrected chi connectivity index (χ3v) is 2.47. The van der Waals surface area contributed by atoms with Crippen LogP contribution in [0, 0.1) is 30.1 Å². The van der Waals surface area contributed by atoms with E-state index in [1.165, 1.54) is 12.8 Å². The first-order valence-corrected chi connectivity index (χ1v) is 4.63. The van der Waals surface area contributed by atoms with Crippen LogP contribution in [-0.2, 0) is 0 Å². The topological polar surface area (TPSA) is 0 Å². The van der Waals surface area contributed by atoms with Crippen molar-refractivity contribution in [3.8, 4) is 12.3 Å². The second kappa shape index (κ2) is 5.24. The van der Waals surface area contributed by atoms with Crippen molar-refractivity contribution in [2.75, 3.05) is 0 Å². The van der Waals surface area contributed by atoms with Gasteiger partial charge >= 0.3 is 0 Å². The zero-order valence-corrected chi connectivity index (χ0v) is 8.22. The van der Waals surface area contributed by atoms with Crippen LogP contribution in [0.1, 0.15) is 40.5 Å². The highest BCUT2D eigenvalue weighted by Gasteiger charge is 2.18. The van der Waals surface area contributed by atoms with Gasteiger partial charge in [0.05, 0.1) is 0 Å². The van der Waals surface area contributed by atoms with Crippen molar-refractivity contribution in [2.45, 2.75) is 40.5 Å². The maximum Gasteiger partial charge on any atom is 0.0251 e. The summed E-state index contributed by atoms with van der Waals surface area (Å²) in [6.45, 7) is 8.87. The van der Waals surface area contributed by atoms with Gasteiger partial charge in [-0.05, 0) is 11.8 Å². The van der Waals surface area contributed by atoms with Gasteiger partial charge in [0.1, 0.15) is 0 Å². The Morgan fingerprint density at radius 1 is 1.18 bits per heavy atom. The molecule has 0 aromatic heterocycles. The molecule has 0 heterocycles. The van der Waals surface area contributed by atoms with E-state index in [-0.39, 0.29) is 0 Å². The molecule has 1 unspecified atom stereocenters. The second-order valence-electron chi connectivity index (χ2n) is 3.51. The van der Waals surface area contributed by atoms with Crippen molar-refractivity contribution in [3.63, 3.8) is 0 Å². The van der Waals surface area contributed by atoms with Crippen LogP contribution in [0.15, 0.2) is 0 Å². The lowest BCUT2D eigenvalue weighted by atomic mass is 9.81. The molecule has 0 bridgehead atoms. The second-order valence-corrected chi connectivity index (χ2v) is 3.51. The molecule has 0 spiro atoms. The summed E-state index contributed by atoms with van der Waals surface area (Å²) in [6, 6.07) is 0. The van der Waals surface area contributed by atoms with Crippen molar-refractivity contribution in [1.29, 1.82) is 0 Å². The lowest BCUT2D eigenvalue weighted by molar-refractivity contribution is 0.306. The Bertz CT molecular complexity index is 123. The molecule has 0 heteroatoms. The Hall–Kier alpha value is -0.440. The maximum atomic E-state index is 5.48. The molecule has 1 atom stereocenters. The van der Waals surface area contributed by atoms with E-state index >= 15 is 0 Å². The van der Waals surface area contributed by atoms with Crippen molar-refractivity contribution in [1.82, 2.24) is 0 Å². The summed E-state index contributed by atoms with van der Waals surface area (Å²) in [6.07, 6.45) is 7.90. The van der Waals surface area contributed by atoms with Gasteiger partial charge in [-0.25, -0.2) is 0 Å². The molecule has 0 aliphatic rings. The van der Waals surface area contributed by atoms with Crippen LogP contribution in [0.3, 0.4) is 0 Å². The van der Waals surface area contributed by atoms with Gasteiger partial charge in [-0.15, -0.1) is 12.3 Å². The van der Waals surface area contributed by atoms with E-state index in [2.05, 4.69) is 33.6 Å². The fourth-order valence-corrected chi connectivity index (χ4v) is 1.67. The first-order chi connectivity index (χ1) is 5.17. The molecule has 0 saturated carbocycles. The molecule has 0 rings (SSSR count). The van der Waals surface area contributed by atoms with Crippen LogP contribution >= 0.6 is 0 Å². The van der Waals surface area contributed by atoms with Gasteiger partial charge < -0.3 is 0 Å². The van der Waals surface area contributed by atoms with Crippen LogP contribution in [0.25, 0.3) is 0 Å². The number of rotatable bonds is 4. The normalized spacial score (nSPS) is 13.5. The Labute approximate surface area is 71.4 Å². The number of hydrogen-bond acceptors (Lipinski definition) is 0. The molecule has 64 valence electrons. The van der Waals surface area contributed by atoms with Gasteiger partial charge in [0, 0.05) is 5.92 Å². The fourth-order valence-electron chi connectivity index (χ4n) is 1.67. The molecule has 0 aliphatic heterocycles. The Balaban J connectivity index is 4.12. The first-order valence-electron chi connectivity index (χ1n) is 4.63. The van der Waals surface area contributed by atoms with Crippen molar-refractivity contribution in [2.24, 2.45) is 17.8 Å². The quantitative estimate of drug-likeness (QED) is 0.542. The standard InChI is InChI=1S/C11H20/c1-6-10(7-2)11(8-3)9(4)5/h3,9-11H,6-7H2,1-2,4-5H3. The highest BCUT2D eigenvalue weighted by atomic mass is 14.2. The van der Waals surface area contributed by atoms with Gasteiger partial charge in [-0.1, -0.05) is 40.5 Å². The van der Waals surface area contributed by atoms with Crippen LogP contribution in [0.4, 0.5) is 0 Å². The molecular weight excluding hydrogens is 132 g/mol. The Morgan fingerprint density at radius 3 is 1.73 bits per heavy atom. The monoisotopic (exact) mass is 152 g/mol. The SMILES string of the molecule is C#CC(C(C)C)C(CC)CC. The van der Waals surface area contributed by atoms with Gasteiger partial charge in [0.25, 0.3) is 0 Å². The summed E-state index contributed by atoms with van der Waals surface area (Å²) in [5.41, 5.74) is 0. The van der Waals surface area contributed by atoms with Crippen molar-refractivity contribution in [3.05, 3.63) is 0 Å². The zero-order chi connectivity index (χ0) is 8.85. The Kier molecular flexibility index (Phi) is 5.03. The van der Waals surface area contributed by atoms with E-state index in [9.17, 15) is 0 Å². The molecule has 0 nitrogen and oxygen atoms in total. The van der Waals surface area contributed by atoms with E-state index in [1.54, 1.807) is 0 Å². The fraction of sp³-hybridized carbons (Fsp3) is 0.818. The molecule has 11 heavy (non-hydrogen) atoms. The Morgan fingerprint density at radius 2 is 1.64 bits per heavy atom. The van der Waals surface area contributed by atoms with Crippen molar-refractivity contribution < 1.29 is 0 Å². The van der Waals surface area contributed by atoms with Gasteiger partial charge in [-0.3, -0.25) is 0 Å². The maximum absolute atomic E-state index is 5.48. The van der Waals surface area contributed by atoms with Gasteiger partial charge in [0.2, 0.25) is 0 Å². The average molecular weight is 152 g/mol. The molecule has 0 amide bonds. The predicted molar refractivity (Wildman–Crippen MR) is 51.2 cm³/mol. The molecule has 0 aliphatic carbocycles. The van der Waals surface area contributed by atoms with Crippen LogP contribution in [-0.4, -0.2) is 0 Å². The molecule has 0 aromatic rings. The third kappa shape index (κ3) is 2.97. The number of terminal acetylenes is 1. The van der Waals surface area contributed by atoms with E-state index in [4.69, 9.17) is 6.42 Å². The molecule has 0 saturated heterocycles. The van der Waals surface area contributed by atoms with Crippen LogP contribution in [0.5, 0.6) is 0 Å². The smallest absolute Gasteiger partial charge is 0.0251 e. The third-order valence-electron chi connectivity index (χ3n) is 2.47. The van der Waals surface area contributed by atoms with E-state index in [0.717, 1.165) is 5.92 Å². The summed E-state index contributed by atoms with van der Waals surface area (Å²) < 4.78 is 0.